The Bertz CT molecular complexity index is 805. The number of hydrogen-bond donors (Lipinski definition) is 2. The lowest BCUT2D eigenvalue weighted by Crippen LogP contribution is -2.38. The average molecular weight is 294 g/mol. The maximum absolute atomic E-state index is 10.6. The second-order valence-corrected chi connectivity index (χ2v) is 6.71. The summed E-state index contributed by atoms with van der Waals surface area (Å²) in [4.78, 5) is 4.71. The van der Waals surface area contributed by atoms with Crippen LogP contribution in [0.15, 0.2) is 48.5 Å². The molecule has 0 aliphatic rings. The van der Waals surface area contributed by atoms with Crippen LogP contribution in [0.1, 0.15) is 32.6 Å². The number of fused-ring (bicyclic) bond motifs is 3. The molecule has 0 saturated carbocycles. The van der Waals surface area contributed by atoms with Crippen LogP contribution >= 0.6 is 0 Å². The van der Waals surface area contributed by atoms with Gasteiger partial charge in [-0.15, -0.1) is 0 Å². The minimum Gasteiger partial charge on any atom is -0.385 e. The molecule has 0 bridgehead atoms. The number of aliphatic hydroxyl groups is 1. The van der Waals surface area contributed by atoms with Crippen LogP contribution in [0.2, 0.25) is 0 Å². The molecule has 0 aliphatic heterocycles. The van der Waals surface area contributed by atoms with E-state index in [1.165, 1.54) is 0 Å². The van der Waals surface area contributed by atoms with Gasteiger partial charge in [-0.3, -0.25) is 0 Å². The smallest absolute Gasteiger partial charge is 0.109 e. The van der Waals surface area contributed by atoms with Gasteiger partial charge in [0.1, 0.15) is 6.10 Å². The van der Waals surface area contributed by atoms with E-state index in [2.05, 4.69) is 38.2 Å². The predicted octanol–water partition coefficient (Wildman–Crippen LogP) is 3.81. The molecule has 0 spiro atoms. The average Bonchev–Trinajstić information content (AvgIpc) is 2.51. The lowest BCUT2D eigenvalue weighted by molar-refractivity contribution is 0.161. The van der Waals surface area contributed by atoms with Crippen LogP contribution in [0.3, 0.4) is 0 Å². The standard InChI is InChI=1S/C19H22N2O/c1-19(2,3)20-12-17(22)18-15-10-5-4-8-13(15)14-9-6-7-11-16(14)21-18/h4-11,17,20,22H,12H2,1-3H3/t17-/m1/s1. The number of nitrogens with one attached hydrogen (secondary N) is 1. The zero-order valence-electron chi connectivity index (χ0n) is 13.3. The quantitative estimate of drug-likeness (QED) is 0.722. The molecule has 0 amide bonds. The van der Waals surface area contributed by atoms with E-state index in [9.17, 15) is 5.11 Å². The molecule has 0 radical (unpaired) electrons. The van der Waals surface area contributed by atoms with Gasteiger partial charge in [0, 0.05) is 22.9 Å². The maximum Gasteiger partial charge on any atom is 0.109 e. The predicted molar refractivity (Wildman–Crippen MR) is 92.0 cm³/mol. The van der Waals surface area contributed by atoms with E-state index in [0.717, 1.165) is 27.4 Å². The lowest BCUT2D eigenvalue weighted by Gasteiger charge is -2.23. The summed E-state index contributed by atoms with van der Waals surface area (Å²) in [6, 6.07) is 16.2. The number of β-amino-alcohol motifs (C(OH)–C–C–N with tert-alkyl or cyclic N) is 1. The number of para-hydroxylation sites is 1. The first-order chi connectivity index (χ1) is 10.5. The Balaban J connectivity index is 2.11. The Labute approximate surface area is 131 Å². The van der Waals surface area contributed by atoms with Gasteiger partial charge in [0.2, 0.25) is 0 Å². The molecular formula is C19H22N2O. The Hall–Kier alpha value is -1.97. The van der Waals surface area contributed by atoms with E-state index in [-0.39, 0.29) is 5.54 Å². The number of rotatable bonds is 3. The van der Waals surface area contributed by atoms with Crippen LogP contribution in [0.25, 0.3) is 21.7 Å². The minimum absolute atomic E-state index is 0.0341. The normalized spacial score (nSPS) is 13.6. The van der Waals surface area contributed by atoms with Crippen molar-refractivity contribution < 1.29 is 5.11 Å². The van der Waals surface area contributed by atoms with E-state index in [4.69, 9.17) is 4.98 Å². The Kier molecular flexibility index (Phi) is 3.85. The van der Waals surface area contributed by atoms with Gasteiger partial charge in [-0.05, 0) is 32.2 Å². The fourth-order valence-corrected chi connectivity index (χ4v) is 2.68. The van der Waals surface area contributed by atoms with Gasteiger partial charge in [-0.2, -0.15) is 0 Å². The van der Waals surface area contributed by atoms with Gasteiger partial charge >= 0.3 is 0 Å². The van der Waals surface area contributed by atoms with E-state index in [1.54, 1.807) is 0 Å². The number of aliphatic hydroxyl groups excluding tert-OH is 1. The molecule has 0 aliphatic carbocycles. The third-order valence-electron chi connectivity index (χ3n) is 3.78. The monoisotopic (exact) mass is 294 g/mol. The minimum atomic E-state index is -0.631. The molecule has 1 aromatic heterocycles. The van der Waals surface area contributed by atoms with Crippen molar-refractivity contribution in [2.75, 3.05) is 6.54 Å². The van der Waals surface area contributed by atoms with Gasteiger partial charge in [-0.1, -0.05) is 42.5 Å². The first-order valence-electron chi connectivity index (χ1n) is 7.66. The molecule has 3 heteroatoms. The van der Waals surface area contributed by atoms with Crippen molar-refractivity contribution >= 4 is 21.7 Å². The highest BCUT2D eigenvalue weighted by molar-refractivity contribution is 6.06. The Morgan fingerprint density at radius 2 is 1.55 bits per heavy atom. The van der Waals surface area contributed by atoms with Crippen LogP contribution in [0.4, 0.5) is 0 Å². The van der Waals surface area contributed by atoms with Crippen LogP contribution < -0.4 is 5.32 Å². The summed E-state index contributed by atoms with van der Waals surface area (Å²) in [6.45, 7) is 6.75. The van der Waals surface area contributed by atoms with Crippen molar-refractivity contribution in [3.8, 4) is 0 Å². The molecule has 114 valence electrons. The van der Waals surface area contributed by atoms with Crippen LogP contribution in [-0.2, 0) is 0 Å². The molecule has 3 nitrogen and oxygen atoms in total. The molecular weight excluding hydrogens is 272 g/mol. The van der Waals surface area contributed by atoms with E-state index >= 15 is 0 Å². The highest BCUT2D eigenvalue weighted by Gasteiger charge is 2.18. The lowest BCUT2D eigenvalue weighted by atomic mass is 10.0. The van der Waals surface area contributed by atoms with Gasteiger partial charge < -0.3 is 10.4 Å². The first kappa shape index (κ1) is 14.9. The summed E-state index contributed by atoms with van der Waals surface area (Å²) in [5.74, 6) is 0. The molecule has 1 atom stereocenters. The van der Waals surface area contributed by atoms with Crippen LogP contribution in [0.5, 0.6) is 0 Å². The fraction of sp³-hybridized carbons (Fsp3) is 0.316. The van der Waals surface area contributed by atoms with Gasteiger partial charge in [0.25, 0.3) is 0 Å². The van der Waals surface area contributed by atoms with E-state index in [0.29, 0.717) is 6.54 Å². The third-order valence-corrected chi connectivity index (χ3v) is 3.78. The summed E-state index contributed by atoms with van der Waals surface area (Å²) < 4.78 is 0. The van der Waals surface area contributed by atoms with Crippen LogP contribution in [-0.4, -0.2) is 22.2 Å². The van der Waals surface area contributed by atoms with Crippen molar-refractivity contribution in [1.29, 1.82) is 0 Å². The number of aromatic nitrogens is 1. The molecule has 2 N–H and O–H groups in total. The third kappa shape index (κ3) is 2.96. The fourth-order valence-electron chi connectivity index (χ4n) is 2.68. The number of benzene rings is 2. The first-order valence-corrected chi connectivity index (χ1v) is 7.66. The van der Waals surface area contributed by atoms with Crippen molar-refractivity contribution in [2.24, 2.45) is 0 Å². The highest BCUT2D eigenvalue weighted by Crippen LogP contribution is 2.29. The van der Waals surface area contributed by atoms with Gasteiger partial charge in [0.05, 0.1) is 11.2 Å². The summed E-state index contributed by atoms with van der Waals surface area (Å²) in [5, 5.41) is 17.2. The zero-order valence-corrected chi connectivity index (χ0v) is 13.3. The summed E-state index contributed by atoms with van der Waals surface area (Å²) in [6.07, 6.45) is -0.631. The van der Waals surface area contributed by atoms with Crippen LogP contribution in [0, 0.1) is 0 Å². The summed E-state index contributed by atoms with van der Waals surface area (Å²) >= 11 is 0. The van der Waals surface area contributed by atoms with Gasteiger partial charge in [-0.25, -0.2) is 4.98 Å². The molecule has 3 rings (SSSR count). The molecule has 2 aromatic carbocycles. The van der Waals surface area contributed by atoms with Crippen molar-refractivity contribution in [3.05, 3.63) is 54.2 Å². The molecule has 3 aromatic rings. The summed E-state index contributed by atoms with van der Waals surface area (Å²) in [7, 11) is 0. The van der Waals surface area contributed by atoms with E-state index < -0.39 is 6.10 Å². The molecule has 1 heterocycles. The highest BCUT2D eigenvalue weighted by atomic mass is 16.3. The topological polar surface area (TPSA) is 45.1 Å². The number of nitrogens with zero attached hydrogens (tertiary/aromatic N) is 1. The summed E-state index contributed by atoms with van der Waals surface area (Å²) in [5.41, 5.74) is 1.63. The molecule has 0 fully saturated rings. The molecule has 0 unspecified atom stereocenters. The van der Waals surface area contributed by atoms with Gasteiger partial charge in [0.15, 0.2) is 0 Å². The van der Waals surface area contributed by atoms with Crippen molar-refractivity contribution in [1.82, 2.24) is 10.3 Å². The number of hydrogen-bond acceptors (Lipinski definition) is 3. The molecule has 0 saturated heterocycles. The Morgan fingerprint density at radius 3 is 2.23 bits per heavy atom. The van der Waals surface area contributed by atoms with Crippen molar-refractivity contribution in [3.63, 3.8) is 0 Å². The second kappa shape index (κ2) is 5.67. The van der Waals surface area contributed by atoms with Crippen molar-refractivity contribution in [2.45, 2.75) is 32.4 Å². The largest absolute Gasteiger partial charge is 0.385 e. The maximum atomic E-state index is 10.6. The number of pyridine rings is 1. The Morgan fingerprint density at radius 1 is 0.955 bits per heavy atom. The SMILES string of the molecule is CC(C)(C)NC[C@@H](O)c1nc2ccccc2c2ccccc12. The van der Waals surface area contributed by atoms with E-state index in [1.807, 2.05) is 36.4 Å². The second-order valence-electron chi connectivity index (χ2n) is 6.71. The zero-order chi connectivity index (χ0) is 15.7. The molecule has 22 heavy (non-hydrogen) atoms.